The Bertz CT molecular complexity index is 232. The summed E-state index contributed by atoms with van der Waals surface area (Å²) in [6, 6.07) is 1.33. The van der Waals surface area contributed by atoms with Crippen LogP contribution in [0.25, 0.3) is 0 Å². The summed E-state index contributed by atoms with van der Waals surface area (Å²) in [5, 5.41) is 13.2. The molecule has 0 amide bonds. The lowest BCUT2D eigenvalue weighted by atomic mass is 9.77. The first-order valence-electron chi connectivity index (χ1n) is 6.71. The van der Waals surface area contributed by atoms with E-state index in [1.165, 1.54) is 12.8 Å². The molecule has 1 saturated heterocycles. The SMILES string of the molecule is CNC1CC(C(C)O)CN(C2CCC2C)C1. The summed E-state index contributed by atoms with van der Waals surface area (Å²) in [6.45, 7) is 6.54. The quantitative estimate of drug-likeness (QED) is 0.756. The van der Waals surface area contributed by atoms with Crippen molar-refractivity contribution in [2.75, 3.05) is 20.1 Å². The zero-order chi connectivity index (χ0) is 11.7. The minimum atomic E-state index is -0.172. The van der Waals surface area contributed by atoms with Crippen LogP contribution in [0.15, 0.2) is 0 Å². The van der Waals surface area contributed by atoms with Crippen LogP contribution in [0.1, 0.15) is 33.1 Å². The van der Waals surface area contributed by atoms with E-state index in [9.17, 15) is 5.11 Å². The monoisotopic (exact) mass is 226 g/mol. The number of nitrogens with zero attached hydrogens (tertiary/aromatic N) is 1. The number of likely N-dealkylation sites (N-methyl/N-ethyl adjacent to an activating group) is 1. The van der Waals surface area contributed by atoms with Gasteiger partial charge in [-0.3, -0.25) is 4.90 Å². The highest BCUT2D eigenvalue weighted by molar-refractivity contribution is 4.93. The Morgan fingerprint density at radius 3 is 2.50 bits per heavy atom. The number of hydrogen-bond donors (Lipinski definition) is 2. The fourth-order valence-electron chi connectivity index (χ4n) is 3.19. The smallest absolute Gasteiger partial charge is 0.0553 e. The normalized spacial score (nSPS) is 42.8. The van der Waals surface area contributed by atoms with E-state index in [0.29, 0.717) is 12.0 Å². The average molecular weight is 226 g/mol. The van der Waals surface area contributed by atoms with E-state index in [1.54, 1.807) is 0 Å². The molecule has 3 heteroatoms. The van der Waals surface area contributed by atoms with Crippen molar-refractivity contribution in [3.05, 3.63) is 0 Å². The Morgan fingerprint density at radius 2 is 2.06 bits per heavy atom. The maximum atomic E-state index is 9.79. The lowest BCUT2D eigenvalue weighted by molar-refractivity contribution is -0.00922. The van der Waals surface area contributed by atoms with Gasteiger partial charge in [-0.1, -0.05) is 6.92 Å². The number of piperidine rings is 1. The van der Waals surface area contributed by atoms with E-state index >= 15 is 0 Å². The van der Waals surface area contributed by atoms with E-state index in [2.05, 4.69) is 17.1 Å². The molecule has 2 N–H and O–H groups in total. The van der Waals surface area contributed by atoms with Crippen molar-refractivity contribution < 1.29 is 5.11 Å². The van der Waals surface area contributed by atoms with Crippen LogP contribution in [0, 0.1) is 11.8 Å². The second-order valence-electron chi connectivity index (χ2n) is 5.80. The number of likely N-dealkylation sites (tertiary alicyclic amines) is 1. The second-order valence-corrected chi connectivity index (χ2v) is 5.80. The van der Waals surface area contributed by atoms with E-state index in [4.69, 9.17) is 0 Å². The summed E-state index contributed by atoms with van der Waals surface area (Å²) >= 11 is 0. The van der Waals surface area contributed by atoms with Crippen molar-refractivity contribution >= 4 is 0 Å². The fraction of sp³-hybridized carbons (Fsp3) is 1.00. The molecule has 0 radical (unpaired) electrons. The molecule has 1 heterocycles. The second kappa shape index (κ2) is 5.03. The van der Waals surface area contributed by atoms with E-state index in [-0.39, 0.29) is 6.10 Å². The highest BCUT2D eigenvalue weighted by atomic mass is 16.3. The molecule has 2 aliphatic rings. The third kappa shape index (κ3) is 2.41. The summed E-state index contributed by atoms with van der Waals surface area (Å²) in [5.74, 6) is 1.30. The highest BCUT2D eigenvalue weighted by Crippen LogP contribution is 2.34. The molecular formula is C13H26N2O. The molecule has 1 aliphatic carbocycles. The topological polar surface area (TPSA) is 35.5 Å². The van der Waals surface area contributed by atoms with Crippen LogP contribution in [0.5, 0.6) is 0 Å². The fourth-order valence-corrected chi connectivity index (χ4v) is 3.19. The number of aliphatic hydroxyl groups excluding tert-OH is 1. The Morgan fingerprint density at radius 1 is 1.31 bits per heavy atom. The van der Waals surface area contributed by atoms with Crippen molar-refractivity contribution in [2.45, 2.75) is 51.3 Å². The maximum Gasteiger partial charge on any atom is 0.0553 e. The highest BCUT2D eigenvalue weighted by Gasteiger charge is 2.38. The van der Waals surface area contributed by atoms with Gasteiger partial charge >= 0.3 is 0 Å². The Hall–Kier alpha value is -0.120. The molecule has 2 fully saturated rings. The molecule has 1 aliphatic heterocycles. The van der Waals surface area contributed by atoms with Gasteiger partial charge in [0, 0.05) is 25.2 Å². The lowest BCUT2D eigenvalue weighted by Gasteiger charge is -2.49. The molecule has 16 heavy (non-hydrogen) atoms. The Balaban J connectivity index is 1.96. The average Bonchev–Trinajstić information content (AvgIpc) is 2.26. The van der Waals surface area contributed by atoms with Crippen LogP contribution in [0.4, 0.5) is 0 Å². The van der Waals surface area contributed by atoms with Crippen LogP contribution in [-0.2, 0) is 0 Å². The zero-order valence-corrected chi connectivity index (χ0v) is 10.8. The molecule has 3 nitrogen and oxygen atoms in total. The number of aliphatic hydroxyl groups is 1. The third-order valence-corrected chi connectivity index (χ3v) is 4.65. The van der Waals surface area contributed by atoms with Gasteiger partial charge in [0.1, 0.15) is 0 Å². The van der Waals surface area contributed by atoms with E-state index in [0.717, 1.165) is 31.5 Å². The summed E-state index contributed by atoms with van der Waals surface area (Å²) in [6.07, 6.45) is 3.68. The molecule has 94 valence electrons. The van der Waals surface area contributed by atoms with Gasteiger partial charge in [0.05, 0.1) is 6.10 Å². The summed E-state index contributed by atoms with van der Waals surface area (Å²) in [7, 11) is 2.04. The molecule has 0 bridgehead atoms. The Labute approximate surface area is 99.2 Å². The van der Waals surface area contributed by atoms with Crippen LogP contribution in [0.3, 0.4) is 0 Å². The molecule has 5 unspecified atom stereocenters. The van der Waals surface area contributed by atoms with Crippen LogP contribution in [-0.4, -0.2) is 48.3 Å². The van der Waals surface area contributed by atoms with Gasteiger partial charge < -0.3 is 10.4 Å². The molecule has 1 saturated carbocycles. The van der Waals surface area contributed by atoms with Gasteiger partial charge in [-0.25, -0.2) is 0 Å². The molecular weight excluding hydrogens is 200 g/mol. The standard InChI is InChI=1S/C13H26N2O/c1-9-4-5-13(9)15-7-11(10(2)16)6-12(8-15)14-3/h9-14,16H,4-8H2,1-3H3. The first-order valence-corrected chi connectivity index (χ1v) is 6.71. The largest absolute Gasteiger partial charge is 0.393 e. The molecule has 0 aromatic rings. The minimum Gasteiger partial charge on any atom is -0.393 e. The van der Waals surface area contributed by atoms with Crippen molar-refractivity contribution in [3.63, 3.8) is 0 Å². The van der Waals surface area contributed by atoms with Crippen LogP contribution < -0.4 is 5.32 Å². The van der Waals surface area contributed by atoms with Crippen LogP contribution in [0.2, 0.25) is 0 Å². The van der Waals surface area contributed by atoms with Gasteiger partial charge in [-0.2, -0.15) is 0 Å². The van der Waals surface area contributed by atoms with E-state index in [1.807, 2.05) is 14.0 Å². The molecule has 0 aromatic carbocycles. The number of hydrogen-bond acceptors (Lipinski definition) is 3. The third-order valence-electron chi connectivity index (χ3n) is 4.65. The summed E-state index contributed by atoms with van der Waals surface area (Å²) < 4.78 is 0. The van der Waals surface area contributed by atoms with Crippen molar-refractivity contribution in [2.24, 2.45) is 11.8 Å². The van der Waals surface area contributed by atoms with Gasteiger partial charge in [0.2, 0.25) is 0 Å². The minimum absolute atomic E-state index is 0.172. The Kier molecular flexibility index (Phi) is 3.88. The number of nitrogens with one attached hydrogen (secondary N) is 1. The van der Waals surface area contributed by atoms with Crippen molar-refractivity contribution in [3.8, 4) is 0 Å². The van der Waals surface area contributed by atoms with Gasteiger partial charge in [0.25, 0.3) is 0 Å². The van der Waals surface area contributed by atoms with Gasteiger partial charge in [-0.05, 0) is 45.1 Å². The van der Waals surface area contributed by atoms with E-state index < -0.39 is 0 Å². The molecule has 0 spiro atoms. The summed E-state index contributed by atoms with van der Waals surface area (Å²) in [5.41, 5.74) is 0. The van der Waals surface area contributed by atoms with Crippen molar-refractivity contribution in [1.82, 2.24) is 10.2 Å². The first kappa shape index (κ1) is 12.3. The summed E-state index contributed by atoms with van der Waals surface area (Å²) in [4.78, 5) is 2.61. The van der Waals surface area contributed by atoms with Gasteiger partial charge in [0.15, 0.2) is 0 Å². The van der Waals surface area contributed by atoms with Crippen LogP contribution >= 0.6 is 0 Å². The molecule has 2 rings (SSSR count). The lowest BCUT2D eigenvalue weighted by Crippen LogP contribution is -2.57. The predicted octanol–water partition coefficient (Wildman–Crippen LogP) is 1.08. The molecule has 0 aromatic heterocycles. The first-order chi connectivity index (χ1) is 7.61. The predicted molar refractivity (Wildman–Crippen MR) is 66.4 cm³/mol. The zero-order valence-electron chi connectivity index (χ0n) is 10.8. The maximum absolute atomic E-state index is 9.79. The molecule has 5 atom stereocenters. The van der Waals surface area contributed by atoms with Gasteiger partial charge in [-0.15, -0.1) is 0 Å². The number of rotatable bonds is 3. The van der Waals surface area contributed by atoms with Crippen molar-refractivity contribution in [1.29, 1.82) is 0 Å².